The second-order valence-corrected chi connectivity index (χ2v) is 7.22. The molecular formula is C20H19ClF2N6O. The molecule has 1 aliphatic rings. The van der Waals surface area contributed by atoms with Crippen molar-refractivity contribution in [2.45, 2.75) is 38.9 Å². The fourth-order valence-corrected chi connectivity index (χ4v) is 3.50. The van der Waals surface area contributed by atoms with Gasteiger partial charge in [-0.3, -0.25) is 4.90 Å². The quantitative estimate of drug-likeness (QED) is 0.668. The van der Waals surface area contributed by atoms with Crippen LogP contribution < -0.4 is 10.1 Å². The Hall–Kier alpha value is -3.01. The first-order valence-corrected chi connectivity index (χ1v) is 9.64. The van der Waals surface area contributed by atoms with Crippen molar-refractivity contribution in [2.75, 3.05) is 18.5 Å². The minimum Gasteiger partial charge on any atom is -0.472 e. The van der Waals surface area contributed by atoms with Gasteiger partial charge in [-0.25, -0.2) is 18.7 Å². The van der Waals surface area contributed by atoms with Crippen LogP contribution in [-0.4, -0.2) is 40.5 Å². The topological polar surface area (TPSA) is 97.9 Å². The van der Waals surface area contributed by atoms with Crippen molar-refractivity contribution in [3.8, 4) is 18.0 Å². The number of anilines is 1. The van der Waals surface area contributed by atoms with Crippen molar-refractivity contribution >= 4 is 17.4 Å². The Morgan fingerprint density at radius 3 is 2.77 bits per heavy atom. The predicted molar refractivity (Wildman–Crippen MR) is 106 cm³/mol. The number of nitrogens with one attached hydrogen (secondary N) is 1. The van der Waals surface area contributed by atoms with E-state index in [-0.39, 0.29) is 11.0 Å². The van der Waals surface area contributed by atoms with Crippen LogP contribution in [0.5, 0.6) is 5.88 Å². The summed E-state index contributed by atoms with van der Waals surface area (Å²) in [4.78, 5) is 10.5. The summed E-state index contributed by atoms with van der Waals surface area (Å²) >= 11 is 6.22. The first kappa shape index (κ1) is 21.7. The summed E-state index contributed by atoms with van der Waals surface area (Å²) in [7, 11) is 0. The lowest BCUT2D eigenvalue weighted by molar-refractivity contribution is 0.0795. The molecule has 0 spiro atoms. The number of aromatic nitrogens is 2. The maximum Gasteiger partial charge on any atom is 0.272 e. The molecule has 0 radical (unpaired) electrons. The average Bonchev–Trinajstić information content (AvgIpc) is 2.73. The van der Waals surface area contributed by atoms with Crippen molar-refractivity contribution in [1.29, 1.82) is 10.5 Å². The molecule has 2 aromatic rings. The molecule has 2 aromatic heterocycles. The number of rotatable bonds is 7. The minimum absolute atomic E-state index is 0.105. The van der Waals surface area contributed by atoms with Crippen molar-refractivity contribution in [3.05, 3.63) is 45.7 Å². The molecule has 1 aliphatic heterocycles. The van der Waals surface area contributed by atoms with Crippen LogP contribution in [0, 0.1) is 22.7 Å². The SMILES string of the molecule is CC(C#N)Nc1nc(Cl)c(C#N)c2c1CCN(Cc1ccc(OCC(F)F)nc1)C2. The molecule has 0 aromatic carbocycles. The third-order valence-electron chi connectivity index (χ3n) is 4.65. The Bertz CT molecular complexity index is 987. The van der Waals surface area contributed by atoms with E-state index < -0.39 is 19.1 Å². The smallest absolute Gasteiger partial charge is 0.272 e. The highest BCUT2D eigenvalue weighted by molar-refractivity contribution is 6.30. The molecule has 1 unspecified atom stereocenters. The Morgan fingerprint density at radius 2 is 2.13 bits per heavy atom. The summed E-state index contributed by atoms with van der Waals surface area (Å²) in [6.07, 6.45) is -0.327. The van der Waals surface area contributed by atoms with E-state index in [0.29, 0.717) is 37.4 Å². The number of hydrogen-bond acceptors (Lipinski definition) is 7. The van der Waals surface area contributed by atoms with E-state index in [0.717, 1.165) is 16.7 Å². The Kier molecular flexibility index (Phi) is 6.99. The number of ether oxygens (including phenoxy) is 1. The maximum atomic E-state index is 12.2. The van der Waals surface area contributed by atoms with Crippen LogP contribution in [0.2, 0.25) is 5.15 Å². The highest BCUT2D eigenvalue weighted by Crippen LogP contribution is 2.32. The summed E-state index contributed by atoms with van der Waals surface area (Å²) in [6, 6.07) is 7.12. The normalized spacial score (nSPS) is 14.5. The third kappa shape index (κ3) is 5.12. The van der Waals surface area contributed by atoms with E-state index >= 15 is 0 Å². The summed E-state index contributed by atoms with van der Waals surface area (Å²) < 4.78 is 29.3. The maximum absolute atomic E-state index is 12.2. The lowest BCUT2D eigenvalue weighted by Gasteiger charge is -2.31. The van der Waals surface area contributed by atoms with Crippen LogP contribution in [0.1, 0.15) is 29.2 Å². The number of halogens is 3. The molecule has 0 saturated heterocycles. The van der Waals surface area contributed by atoms with Crippen LogP contribution in [0.3, 0.4) is 0 Å². The van der Waals surface area contributed by atoms with Gasteiger partial charge in [0.2, 0.25) is 5.88 Å². The lowest BCUT2D eigenvalue weighted by Crippen LogP contribution is -2.32. The zero-order chi connectivity index (χ0) is 21.7. The molecule has 156 valence electrons. The molecule has 30 heavy (non-hydrogen) atoms. The molecule has 0 aliphatic carbocycles. The third-order valence-corrected chi connectivity index (χ3v) is 4.92. The Labute approximate surface area is 177 Å². The van der Waals surface area contributed by atoms with Gasteiger partial charge in [0.1, 0.15) is 23.1 Å². The van der Waals surface area contributed by atoms with Crippen LogP contribution in [0.15, 0.2) is 18.3 Å². The minimum atomic E-state index is -2.55. The van der Waals surface area contributed by atoms with Crippen LogP contribution in [0.4, 0.5) is 14.6 Å². The Morgan fingerprint density at radius 1 is 1.33 bits per heavy atom. The zero-order valence-electron chi connectivity index (χ0n) is 16.2. The number of alkyl halides is 2. The number of hydrogen-bond donors (Lipinski definition) is 1. The van der Waals surface area contributed by atoms with Crippen molar-refractivity contribution in [2.24, 2.45) is 0 Å². The zero-order valence-corrected chi connectivity index (χ0v) is 17.0. The van der Waals surface area contributed by atoms with Gasteiger partial charge >= 0.3 is 0 Å². The molecule has 0 bridgehead atoms. The van der Waals surface area contributed by atoms with Crippen molar-refractivity contribution in [1.82, 2.24) is 14.9 Å². The Balaban J connectivity index is 1.76. The molecule has 0 fully saturated rings. The average molecular weight is 433 g/mol. The molecule has 0 amide bonds. The first-order chi connectivity index (χ1) is 14.4. The number of nitriles is 2. The van der Waals surface area contributed by atoms with E-state index in [9.17, 15) is 14.0 Å². The fourth-order valence-electron chi connectivity index (χ4n) is 3.26. The molecular weight excluding hydrogens is 414 g/mol. The molecule has 3 heterocycles. The van der Waals surface area contributed by atoms with Gasteiger partial charge in [-0.1, -0.05) is 17.7 Å². The second kappa shape index (κ2) is 9.66. The molecule has 7 nitrogen and oxygen atoms in total. The van der Waals surface area contributed by atoms with Crippen molar-refractivity contribution in [3.63, 3.8) is 0 Å². The summed E-state index contributed by atoms with van der Waals surface area (Å²) in [5.74, 6) is 0.680. The van der Waals surface area contributed by atoms with Gasteiger partial charge in [0.25, 0.3) is 6.43 Å². The van der Waals surface area contributed by atoms with Gasteiger partial charge in [-0.2, -0.15) is 10.5 Å². The molecule has 0 saturated carbocycles. The monoisotopic (exact) mass is 432 g/mol. The number of pyridine rings is 2. The van der Waals surface area contributed by atoms with E-state index in [1.54, 1.807) is 25.3 Å². The van der Waals surface area contributed by atoms with Gasteiger partial charge in [0.15, 0.2) is 6.61 Å². The lowest BCUT2D eigenvalue weighted by atomic mass is 9.96. The summed E-state index contributed by atoms with van der Waals surface area (Å²) in [5, 5.41) is 21.8. The van der Waals surface area contributed by atoms with Gasteiger partial charge in [-0.15, -0.1) is 0 Å². The fraction of sp³-hybridized carbons (Fsp3) is 0.400. The summed E-state index contributed by atoms with van der Waals surface area (Å²) in [6.45, 7) is 2.78. The van der Waals surface area contributed by atoms with Crippen LogP contribution in [0.25, 0.3) is 0 Å². The molecule has 3 rings (SSSR count). The van der Waals surface area contributed by atoms with Gasteiger partial charge in [0.05, 0.1) is 11.6 Å². The van der Waals surface area contributed by atoms with E-state index in [2.05, 4.69) is 32.3 Å². The molecule has 1 atom stereocenters. The predicted octanol–water partition coefficient (Wildman–Crippen LogP) is 3.53. The van der Waals surface area contributed by atoms with E-state index in [4.69, 9.17) is 21.6 Å². The van der Waals surface area contributed by atoms with Gasteiger partial charge in [-0.05, 0) is 24.5 Å². The number of fused-ring (bicyclic) bond motifs is 1. The van der Waals surface area contributed by atoms with Gasteiger partial charge in [0, 0.05) is 37.5 Å². The molecule has 1 N–H and O–H groups in total. The largest absolute Gasteiger partial charge is 0.472 e. The first-order valence-electron chi connectivity index (χ1n) is 9.27. The molecule has 10 heteroatoms. The van der Waals surface area contributed by atoms with Crippen LogP contribution in [-0.2, 0) is 19.5 Å². The van der Waals surface area contributed by atoms with E-state index in [1.165, 1.54) is 0 Å². The standard InChI is InChI=1S/C20H19ClF2N6O/c1-12(6-24)27-20-14-4-5-29(10-16(14)15(7-25)19(21)28-20)9-13-2-3-18(26-8-13)30-11-17(22)23/h2-3,8,12,17H,4-5,9-11H2,1H3,(H,27,28). The van der Waals surface area contributed by atoms with Gasteiger partial charge < -0.3 is 10.1 Å². The summed E-state index contributed by atoms with van der Waals surface area (Å²) in [5.41, 5.74) is 2.91. The van der Waals surface area contributed by atoms with E-state index in [1.807, 2.05) is 0 Å². The highest BCUT2D eigenvalue weighted by atomic mass is 35.5. The highest BCUT2D eigenvalue weighted by Gasteiger charge is 2.26. The van der Waals surface area contributed by atoms with Crippen molar-refractivity contribution < 1.29 is 13.5 Å². The van der Waals surface area contributed by atoms with Crippen LogP contribution >= 0.6 is 11.6 Å². The number of nitrogens with zero attached hydrogens (tertiary/aromatic N) is 5. The second-order valence-electron chi connectivity index (χ2n) is 6.86.